The topological polar surface area (TPSA) is 37.3 Å². The van der Waals surface area contributed by atoms with Gasteiger partial charge in [-0.05, 0) is 19.3 Å². The van der Waals surface area contributed by atoms with E-state index in [-0.39, 0.29) is 0 Å². The van der Waals surface area contributed by atoms with Crippen molar-refractivity contribution in [3.05, 3.63) is 0 Å². The van der Waals surface area contributed by atoms with Gasteiger partial charge in [-0.25, -0.2) is 0 Å². The smallest absolute Gasteiger partial charge is 0.303 e. The van der Waals surface area contributed by atoms with Gasteiger partial charge in [0.15, 0.2) is 0 Å². The van der Waals surface area contributed by atoms with Crippen LogP contribution in [-0.4, -0.2) is 43.2 Å². The molecule has 0 fully saturated rings. The monoisotopic (exact) mass is 274 g/mol. The summed E-state index contributed by atoms with van der Waals surface area (Å²) in [6.45, 7) is 5.57. The molecule has 0 radical (unpaired) electrons. The fraction of sp³-hybridized carbons (Fsp3) is 0.938. The number of rotatable bonds is 10. The summed E-state index contributed by atoms with van der Waals surface area (Å²) in [4.78, 5) is 9.76. The lowest BCUT2D eigenvalue weighted by Crippen LogP contribution is -2.35. The van der Waals surface area contributed by atoms with Crippen LogP contribution in [0.5, 0.6) is 0 Å². The van der Waals surface area contributed by atoms with E-state index in [4.69, 9.17) is 5.11 Å². The molecule has 0 aliphatic heterocycles. The van der Waals surface area contributed by atoms with Crippen LogP contribution in [0.4, 0.5) is 0 Å². The molecular weight excluding hydrogens is 238 g/mol. The standard InChI is InChI=1S/C11H26N.C5H10O2/c1-5-6-7-8-9-10-11-12(2,3)4;1-2-3-4-5(6)7/h5-11H2,1-4H3;2-4H2,1H3,(H,6,7)/q+1;. The van der Waals surface area contributed by atoms with Gasteiger partial charge in [0.1, 0.15) is 0 Å². The Balaban J connectivity index is 0. The second-order valence-electron chi connectivity index (χ2n) is 6.28. The second kappa shape index (κ2) is 13.9. The summed E-state index contributed by atoms with van der Waals surface area (Å²) >= 11 is 0. The van der Waals surface area contributed by atoms with E-state index in [1.807, 2.05) is 6.92 Å². The Kier molecular flexibility index (Phi) is 15.1. The fourth-order valence-corrected chi connectivity index (χ4v) is 1.69. The van der Waals surface area contributed by atoms with Gasteiger partial charge in [0.2, 0.25) is 0 Å². The molecular formula is C16H36NO2+. The number of unbranched alkanes of at least 4 members (excludes halogenated alkanes) is 6. The van der Waals surface area contributed by atoms with Crippen molar-refractivity contribution < 1.29 is 14.4 Å². The maximum atomic E-state index is 9.76. The summed E-state index contributed by atoms with van der Waals surface area (Å²) in [5, 5.41) is 8.04. The minimum Gasteiger partial charge on any atom is -0.481 e. The molecule has 116 valence electrons. The molecule has 0 aromatic heterocycles. The van der Waals surface area contributed by atoms with Crippen LogP contribution in [0, 0.1) is 0 Å². The van der Waals surface area contributed by atoms with Gasteiger partial charge in [-0.3, -0.25) is 4.79 Å². The molecule has 0 aliphatic carbocycles. The maximum Gasteiger partial charge on any atom is 0.303 e. The van der Waals surface area contributed by atoms with Crippen LogP contribution in [0.2, 0.25) is 0 Å². The molecule has 0 aliphatic rings. The van der Waals surface area contributed by atoms with E-state index in [0.717, 1.165) is 17.3 Å². The van der Waals surface area contributed by atoms with Gasteiger partial charge >= 0.3 is 5.97 Å². The lowest BCUT2D eigenvalue weighted by atomic mass is 10.1. The second-order valence-corrected chi connectivity index (χ2v) is 6.28. The van der Waals surface area contributed by atoms with E-state index in [9.17, 15) is 4.79 Å². The highest BCUT2D eigenvalue weighted by molar-refractivity contribution is 5.66. The van der Waals surface area contributed by atoms with Gasteiger partial charge in [0.05, 0.1) is 27.7 Å². The normalized spacial score (nSPS) is 10.8. The number of hydrogen-bond donors (Lipinski definition) is 1. The van der Waals surface area contributed by atoms with Gasteiger partial charge in [0, 0.05) is 6.42 Å². The van der Waals surface area contributed by atoms with Crippen molar-refractivity contribution in [2.45, 2.75) is 71.6 Å². The highest BCUT2D eigenvalue weighted by Crippen LogP contribution is 2.06. The van der Waals surface area contributed by atoms with Gasteiger partial charge in [-0.15, -0.1) is 0 Å². The van der Waals surface area contributed by atoms with Gasteiger partial charge < -0.3 is 9.59 Å². The SMILES string of the molecule is CCCCC(=O)O.CCCCCCCC[N+](C)(C)C. The predicted octanol–water partition coefficient (Wildman–Crippen LogP) is 4.31. The van der Waals surface area contributed by atoms with Gasteiger partial charge in [0.25, 0.3) is 0 Å². The Labute approximate surface area is 120 Å². The van der Waals surface area contributed by atoms with E-state index < -0.39 is 5.97 Å². The largest absolute Gasteiger partial charge is 0.481 e. The lowest BCUT2D eigenvalue weighted by Gasteiger charge is -2.23. The zero-order valence-corrected chi connectivity index (χ0v) is 13.9. The van der Waals surface area contributed by atoms with E-state index in [2.05, 4.69) is 28.1 Å². The summed E-state index contributed by atoms with van der Waals surface area (Å²) in [5.41, 5.74) is 0. The summed E-state index contributed by atoms with van der Waals surface area (Å²) in [5.74, 6) is -0.693. The van der Waals surface area contributed by atoms with E-state index in [0.29, 0.717) is 6.42 Å². The third kappa shape index (κ3) is 26.9. The zero-order valence-electron chi connectivity index (χ0n) is 13.9. The lowest BCUT2D eigenvalue weighted by molar-refractivity contribution is -0.870. The Morgan fingerprint density at radius 3 is 1.68 bits per heavy atom. The minimum atomic E-state index is -0.693. The molecule has 0 aromatic rings. The fourth-order valence-electron chi connectivity index (χ4n) is 1.69. The summed E-state index contributed by atoms with van der Waals surface area (Å²) < 4.78 is 1.12. The Hall–Kier alpha value is -0.570. The maximum absolute atomic E-state index is 9.76. The quantitative estimate of drug-likeness (QED) is 0.476. The molecule has 0 heterocycles. The predicted molar refractivity (Wildman–Crippen MR) is 83.4 cm³/mol. The Bertz CT molecular complexity index is 197. The average molecular weight is 274 g/mol. The third-order valence-corrected chi connectivity index (χ3v) is 2.93. The third-order valence-electron chi connectivity index (χ3n) is 2.93. The molecule has 0 saturated heterocycles. The Morgan fingerprint density at radius 1 is 0.842 bits per heavy atom. The molecule has 3 heteroatoms. The number of nitrogens with zero attached hydrogens (tertiary/aromatic N) is 1. The Morgan fingerprint density at radius 2 is 1.32 bits per heavy atom. The summed E-state index contributed by atoms with van der Waals surface area (Å²) in [6.07, 6.45) is 10.6. The molecule has 0 unspecified atom stereocenters. The first-order valence-electron chi connectivity index (χ1n) is 7.85. The van der Waals surface area contributed by atoms with Crippen LogP contribution >= 0.6 is 0 Å². The molecule has 0 rings (SSSR count). The van der Waals surface area contributed by atoms with Crippen LogP contribution in [0.25, 0.3) is 0 Å². The number of quaternary nitrogens is 1. The first kappa shape index (κ1) is 20.7. The summed E-state index contributed by atoms with van der Waals surface area (Å²) in [7, 11) is 6.81. The number of hydrogen-bond acceptors (Lipinski definition) is 1. The van der Waals surface area contributed by atoms with Gasteiger partial charge in [-0.1, -0.05) is 46.0 Å². The van der Waals surface area contributed by atoms with Crippen LogP contribution in [-0.2, 0) is 4.79 Å². The first-order chi connectivity index (χ1) is 8.83. The van der Waals surface area contributed by atoms with Crippen LogP contribution in [0.1, 0.15) is 71.6 Å². The number of aliphatic carboxylic acids is 1. The molecule has 0 atom stereocenters. The van der Waals surface area contributed by atoms with E-state index >= 15 is 0 Å². The average Bonchev–Trinajstić information content (AvgIpc) is 2.30. The first-order valence-corrected chi connectivity index (χ1v) is 7.85. The van der Waals surface area contributed by atoms with Gasteiger partial charge in [-0.2, -0.15) is 0 Å². The molecule has 0 saturated carbocycles. The summed E-state index contributed by atoms with van der Waals surface area (Å²) in [6, 6.07) is 0. The van der Waals surface area contributed by atoms with Crippen molar-refractivity contribution in [1.29, 1.82) is 0 Å². The van der Waals surface area contributed by atoms with Crippen molar-refractivity contribution in [3.63, 3.8) is 0 Å². The molecule has 1 N–H and O–H groups in total. The number of carbonyl (C=O) groups is 1. The molecule has 19 heavy (non-hydrogen) atoms. The van der Waals surface area contributed by atoms with Crippen LogP contribution < -0.4 is 0 Å². The number of carboxylic acid groups (broad SMARTS) is 1. The van der Waals surface area contributed by atoms with Crippen LogP contribution in [0.15, 0.2) is 0 Å². The molecule has 0 spiro atoms. The molecule has 0 bridgehead atoms. The minimum absolute atomic E-state index is 0.316. The highest BCUT2D eigenvalue weighted by Gasteiger charge is 2.04. The zero-order chi connectivity index (χ0) is 15.1. The van der Waals surface area contributed by atoms with Crippen molar-refractivity contribution in [3.8, 4) is 0 Å². The van der Waals surface area contributed by atoms with E-state index in [1.54, 1.807) is 0 Å². The molecule has 0 aromatic carbocycles. The molecule has 3 nitrogen and oxygen atoms in total. The van der Waals surface area contributed by atoms with Crippen molar-refractivity contribution in [2.24, 2.45) is 0 Å². The van der Waals surface area contributed by atoms with Crippen LogP contribution in [0.3, 0.4) is 0 Å². The van der Waals surface area contributed by atoms with Crippen molar-refractivity contribution >= 4 is 5.97 Å². The molecule has 0 amide bonds. The van der Waals surface area contributed by atoms with Crippen molar-refractivity contribution in [2.75, 3.05) is 27.7 Å². The highest BCUT2D eigenvalue weighted by atomic mass is 16.4. The number of carboxylic acids is 1. The van der Waals surface area contributed by atoms with Crippen molar-refractivity contribution in [1.82, 2.24) is 0 Å². The van der Waals surface area contributed by atoms with E-state index in [1.165, 1.54) is 45.1 Å².